The molecule has 1 fully saturated rings. The number of ether oxygens (including phenoxy) is 1. The molecule has 1 amide bonds. The Bertz CT molecular complexity index is 1580. The zero-order valence-electron chi connectivity index (χ0n) is 20.7. The minimum atomic E-state index is -0.320. The van der Waals surface area contributed by atoms with Crippen LogP contribution in [0.2, 0.25) is 5.02 Å². The van der Waals surface area contributed by atoms with Gasteiger partial charge in [0.1, 0.15) is 6.42 Å². The van der Waals surface area contributed by atoms with Crippen LogP contribution in [0.15, 0.2) is 59.7 Å². The Hall–Kier alpha value is -4.31. The maximum Gasteiger partial charge on any atom is 0.327 e. The van der Waals surface area contributed by atoms with Gasteiger partial charge in [-0.3, -0.25) is 30.1 Å². The number of rotatable bonds is 5. The van der Waals surface area contributed by atoms with Gasteiger partial charge in [0.2, 0.25) is 11.8 Å². The summed E-state index contributed by atoms with van der Waals surface area (Å²) in [6.07, 6.45) is 4.31. The smallest absolute Gasteiger partial charge is 0.327 e. The van der Waals surface area contributed by atoms with Crippen LogP contribution in [0.5, 0.6) is 0 Å². The Kier molecular flexibility index (Phi) is 7.06. The van der Waals surface area contributed by atoms with Crippen LogP contribution in [-0.4, -0.2) is 55.2 Å². The van der Waals surface area contributed by atoms with Crippen molar-refractivity contribution in [2.75, 3.05) is 13.1 Å². The number of carbonyl (C=O) groups excluding carboxylic acids is 1. The highest BCUT2D eigenvalue weighted by Gasteiger charge is 2.27. The van der Waals surface area contributed by atoms with Gasteiger partial charge in [0.15, 0.2) is 11.5 Å². The second-order valence-electron chi connectivity index (χ2n) is 9.23. The monoisotopic (exact) mass is 531 g/mol. The number of likely N-dealkylation sites (tertiary alicyclic amines) is 1. The van der Waals surface area contributed by atoms with E-state index in [1.54, 1.807) is 46.1 Å². The summed E-state index contributed by atoms with van der Waals surface area (Å²) < 4.78 is 7.11. The summed E-state index contributed by atoms with van der Waals surface area (Å²) in [5.74, 6) is -0.844. The minimum absolute atomic E-state index is 0.0471. The van der Waals surface area contributed by atoms with E-state index < -0.39 is 0 Å². The van der Waals surface area contributed by atoms with Crippen LogP contribution in [0.3, 0.4) is 0 Å². The third kappa shape index (κ3) is 5.35. The topological polar surface area (TPSA) is 141 Å². The number of hydrogen-bond acceptors (Lipinski definition) is 7. The first-order valence-corrected chi connectivity index (χ1v) is 12.6. The van der Waals surface area contributed by atoms with Crippen LogP contribution in [-0.2, 0) is 9.53 Å². The molecule has 3 N–H and O–H groups in total. The number of piperidine rings is 1. The third-order valence-corrected chi connectivity index (χ3v) is 6.83. The van der Waals surface area contributed by atoms with Gasteiger partial charge in [-0.15, -0.1) is 0 Å². The van der Waals surface area contributed by atoms with E-state index in [9.17, 15) is 9.59 Å². The number of aryl methyl sites for hydroxylation is 1. The Morgan fingerprint density at radius 1 is 1.13 bits per heavy atom. The summed E-state index contributed by atoms with van der Waals surface area (Å²) in [5, 5.41) is 16.9. The quantitative estimate of drug-likeness (QED) is 0.260. The number of nitrogens with one attached hydrogen (secondary N) is 3. The molecule has 1 saturated heterocycles. The highest BCUT2D eigenvalue weighted by Crippen LogP contribution is 2.26. The van der Waals surface area contributed by atoms with Gasteiger partial charge in [0, 0.05) is 53.4 Å². The summed E-state index contributed by atoms with van der Waals surface area (Å²) in [7, 11) is 0. The molecule has 38 heavy (non-hydrogen) atoms. The molecule has 3 aromatic heterocycles. The van der Waals surface area contributed by atoms with E-state index in [4.69, 9.17) is 27.2 Å². The van der Waals surface area contributed by atoms with Crippen molar-refractivity contribution < 1.29 is 9.53 Å². The summed E-state index contributed by atoms with van der Waals surface area (Å²) in [5.41, 5.74) is 3.98. The number of pyridine rings is 2. The second-order valence-corrected chi connectivity index (χ2v) is 9.67. The summed E-state index contributed by atoms with van der Waals surface area (Å²) in [6, 6.07) is 12.5. The molecule has 1 aliphatic rings. The number of amides is 1. The number of carbonyl (C=O) groups is 1. The number of imidazole rings is 1. The predicted octanol–water partition coefficient (Wildman–Crippen LogP) is 4.32. The molecule has 0 spiro atoms. The fourth-order valence-corrected chi connectivity index (χ4v) is 4.92. The van der Waals surface area contributed by atoms with E-state index in [0.29, 0.717) is 42.2 Å². The Labute approximate surface area is 223 Å². The SMILES string of the molecule is Cc1ccc(-c2cc(Cl)cc(C(=N)OC(=N)CC(=O)N3CCC(n4c(=O)[nH]c5ncccc54)CC3)c2)cn1. The number of halogens is 1. The number of benzene rings is 1. The first-order chi connectivity index (χ1) is 18.3. The van der Waals surface area contributed by atoms with Crippen molar-refractivity contribution in [1.82, 2.24) is 24.4 Å². The van der Waals surface area contributed by atoms with Crippen LogP contribution >= 0.6 is 11.6 Å². The zero-order chi connectivity index (χ0) is 26.8. The van der Waals surface area contributed by atoms with E-state index in [1.807, 2.05) is 25.1 Å². The minimum Gasteiger partial charge on any atom is -0.425 e. The molecule has 11 heteroatoms. The fourth-order valence-electron chi connectivity index (χ4n) is 4.69. The van der Waals surface area contributed by atoms with Crippen molar-refractivity contribution in [3.63, 3.8) is 0 Å². The lowest BCUT2D eigenvalue weighted by atomic mass is 10.0. The molecule has 0 radical (unpaired) electrons. The molecule has 194 valence electrons. The summed E-state index contributed by atoms with van der Waals surface area (Å²) in [6.45, 7) is 2.81. The van der Waals surface area contributed by atoms with Crippen molar-refractivity contribution in [3.8, 4) is 11.1 Å². The number of fused-ring (bicyclic) bond motifs is 1. The van der Waals surface area contributed by atoms with Crippen LogP contribution in [0.4, 0.5) is 0 Å². The molecular weight excluding hydrogens is 506 g/mol. The molecule has 0 bridgehead atoms. The van der Waals surface area contributed by atoms with Crippen LogP contribution < -0.4 is 5.69 Å². The van der Waals surface area contributed by atoms with Crippen molar-refractivity contribution >= 4 is 40.5 Å². The van der Waals surface area contributed by atoms with E-state index >= 15 is 0 Å². The molecule has 5 rings (SSSR count). The standard InChI is InChI=1S/C27H26ClN7O3/c1-16-4-5-17(15-32-16)18-11-19(13-20(28)12-18)25(30)38-23(29)14-24(36)34-9-6-21(7-10-34)35-22-3-2-8-31-26(22)33-27(35)37/h2-5,8,11-13,15,21,29-30H,6-7,9-10,14H2,1H3,(H,31,33,37). The number of hydrogen-bond donors (Lipinski definition) is 3. The van der Waals surface area contributed by atoms with Crippen molar-refractivity contribution in [1.29, 1.82) is 10.8 Å². The highest BCUT2D eigenvalue weighted by molar-refractivity contribution is 6.31. The number of nitrogens with zero attached hydrogens (tertiary/aromatic N) is 4. The average Bonchev–Trinajstić information content (AvgIpc) is 3.24. The number of aromatic nitrogens is 4. The maximum atomic E-state index is 12.8. The fraction of sp³-hybridized carbons (Fsp3) is 0.259. The van der Waals surface area contributed by atoms with Crippen LogP contribution in [0, 0.1) is 17.7 Å². The van der Waals surface area contributed by atoms with Crippen molar-refractivity contribution in [2.24, 2.45) is 0 Å². The Morgan fingerprint density at radius 3 is 2.66 bits per heavy atom. The van der Waals surface area contributed by atoms with Gasteiger partial charge in [-0.1, -0.05) is 17.7 Å². The maximum absolute atomic E-state index is 12.8. The third-order valence-electron chi connectivity index (χ3n) is 6.61. The normalized spacial score (nSPS) is 14.0. The lowest BCUT2D eigenvalue weighted by Gasteiger charge is -2.32. The van der Waals surface area contributed by atoms with Gasteiger partial charge in [0.25, 0.3) is 0 Å². The lowest BCUT2D eigenvalue weighted by Crippen LogP contribution is -2.41. The molecule has 4 heterocycles. The number of aromatic amines is 1. The molecular formula is C27H26ClN7O3. The molecule has 4 aromatic rings. The van der Waals surface area contributed by atoms with E-state index in [0.717, 1.165) is 22.3 Å². The van der Waals surface area contributed by atoms with Gasteiger partial charge in [-0.25, -0.2) is 9.78 Å². The summed E-state index contributed by atoms with van der Waals surface area (Å²) >= 11 is 6.27. The van der Waals surface area contributed by atoms with Gasteiger partial charge in [-0.2, -0.15) is 0 Å². The predicted molar refractivity (Wildman–Crippen MR) is 145 cm³/mol. The van der Waals surface area contributed by atoms with Gasteiger partial charge in [0.05, 0.1) is 5.52 Å². The second kappa shape index (κ2) is 10.6. The largest absolute Gasteiger partial charge is 0.425 e. The first kappa shape index (κ1) is 25.3. The van der Waals surface area contributed by atoms with E-state index in [1.165, 1.54) is 0 Å². The summed E-state index contributed by atoms with van der Waals surface area (Å²) in [4.78, 5) is 38.2. The molecule has 0 aliphatic carbocycles. The zero-order valence-corrected chi connectivity index (χ0v) is 21.5. The first-order valence-electron chi connectivity index (χ1n) is 12.2. The molecule has 0 atom stereocenters. The van der Waals surface area contributed by atoms with Crippen LogP contribution in [0.1, 0.15) is 36.6 Å². The van der Waals surface area contributed by atoms with Crippen molar-refractivity contribution in [3.05, 3.63) is 81.6 Å². The average molecular weight is 532 g/mol. The highest BCUT2D eigenvalue weighted by atomic mass is 35.5. The van der Waals surface area contributed by atoms with Gasteiger partial charge < -0.3 is 9.64 Å². The Morgan fingerprint density at radius 2 is 1.92 bits per heavy atom. The molecule has 10 nitrogen and oxygen atoms in total. The number of H-pyrrole nitrogens is 1. The van der Waals surface area contributed by atoms with E-state index in [-0.39, 0.29) is 35.9 Å². The molecule has 0 unspecified atom stereocenters. The Balaban J connectivity index is 1.18. The molecule has 0 saturated carbocycles. The van der Waals surface area contributed by atoms with Gasteiger partial charge in [-0.05, 0) is 61.7 Å². The molecule has 1 aromatic carbocycles. The van der Waals surface area contributed by atoms with Gasteiger partial charge >= 0.3 is 5.69 Å². The lowest BCUT2D eigenvalue weighted by molar-refractivity contribution is -0.131. The molecule has 1 aliphatic heterocycles. The van der Waals surface area contributed by atoms with E-state index in [2.05, 4.69) is 15.0 Å². The van der Waals surface area contributed by atoms with Crippen molar-refractivity contribution in [2.45, 2.75) is 32.2 Å². The van der Waals surface area contributed by atoms with Crippen LogP contribution in [0.25, 0.3) is 22.3 Å².